The number of rotatable bonds is 5. The quantitative estimate of drug-likeness (QED) is 0.782. The molecule has 1 atom stereocenters. The first kappa shape index (κ1) is 13.1. The highest BCUT2D eigenvalue weighted by molar-refractivity contribution is 7.89. The van der Waals surface area contributed by atoms with Crippen LogP contribution in [0, 0.1) is 0 Å². The Bertz CT molecular complexity index is 428. The van der Waals surface area contributed by atoms with Crippen molar-refractivity contribution in [2.45, 2.75) is 17.4 Å². The van der Waals surface area contributed by atoms with Gasteiger partial charge in [-0.15, -0.1) is 0 Å². The first-order chi connectivity index (χ1) is 7.45. The number of methoxy groups -OCH3 is 1. The summed E-state index contributed by atoms with van der Waals surface area (Å²) in [6.45, 7) is 0.568. The lowest BCUT2D eigenvalue weighted by Gasteiger charge is -2.11. The van der Waals surface area contributed by atoms with E-state index in [1.54, 1.807) is 19.2 Å². The minimum atomic E-state index is -3.63. The molecule has 0 aromatic heterocycles. The van der Waals surface area contributed by atoms with Gasteiger partial charge in [-0.3, -0.25) is 0 Å². The Hall–Kier alpha value is -0.950. The molecule has 0 heterocycles. The molecule has 4 N–H and O–H groups in total. The molecule has 0 spiro atoms. The Morgan fingerprint density at radius 3 is 2.31 bits per heavy atom. The van der Waals surface area contributed by atoms with Gasteiger partial charge in [0.1, 0.15) is 0 Å². The van der Waals surface area contributed by atoms with Crippen molar-refractivity contribution in [2.24, 2.45) is 10.9 Å². The van der Waals surface area contributed by atoms with Crippen LogP contribution in [0.25, 0.3) is 0 Å². The van der Waals surface area contributed by atoms with Crippen LogP contribution in [0.5, 0.6) is 0 Å². The molecule has 0 aliphatic rings. The van der Waals surface area contributed by atoms with Gasteiger partial charge >= 0.3 is 0 Å². The number of benzene rings is 1. The SMILES string of the molecule is COCCC(N)c1ccc(S(N)(=O)=O)cc1. The van der Waals surface area contributed by atoms with Crippen molar-refractivity contribution < 1.29 is 13.2 Å². The molecule has 0 saturated carbocycles. The fraction of sp³-hybridized carbons (Fsp3) is 0.400. The highest BCUT2D eigenvalue weighted by Gasteiger charge is 2.09. The maximum atomic E-state index is 11.0. The average molecular weight is 244 g/mol. The van der Waals surface area contributed by atoms with Crippen LogP contribution < -0.4 is 10.9 Å². The topological polar surface area (TPSA) is 95.4 Å². The van der Waals surface area contributed by atoms with Gasteiger partial charge in [-0.1, -0.05) is 12.1 Å². The third kappa shape index (κ3) is 3.57. The Kier molecular flexibility index (Phi) is 4.43. The molecule has 0 aliphatic carbocycles. The average Bonchev–Trinajstić information content (AvgIpc) is 2.25. The van der Waals surface area contributed by atoms with Crippen LogP contribution in [0.3, 0.4) is 0 Å². The molecule has 0 aliphatic heterocycles. The third-order valence-corrected chi connectivity index (χ3v) is 3.20. The van der Waals surface area contributed by atoms with Gasteiger partial charge in [0.25, 0.3) is 0 Å². The second-order valence-electron chi connectivity index (χ2n) is 3.50. The van der Waals surface area contributed by atoms with Gasteiger partial charge in [0.15, 0.2) is 0 Å². The Morgan fingerprint density at radius 2 is 1.88 bits per heavy atom. The summed E-state index contributed by atoms with van der Waals surface area (Å²) in [5.74, 6) is 0. The Labute approximate surface area is 95.4 Å². The standard InChI is InChI=1S/C10H16N2O3S/c1-15-7-6-10(11)8-2-4-9(5-3-8)16(12,13)14/h2-5,10H,6-7,11H2,1H3,(H2,12,13,14). The van der Waals surface area contributed by atoms with Crippen LogP contribution in [0.4, 0.5) is 0 Å². The molecule has 0 radical (unpaired) electrons. The monoisotopic (exact) mass is 244 g/mol. The summed E-state index contributed by atoms with van der Waals surface area (Å²) in [5, 5.41) is 4.98. The minimum absolute atomic E-state index is 0.0928. The molecule has 1 aromatic carbocycles. The highest BCUT2D eigenvalue weighted by atomic mass is 32.2. The first-order valence-electron chi connectivity index (χ1n) is 4.82. The number of nitrogens with two attached hydrogens (primary N) is 2. The lowest BCUT2D eigenvalue weighted by molar-refractivity contribution is 0.188. The van der Waals surface area contributed by atoms with Gasteiger partial charge in [0, 0.05) is 19.8 Å². The van der Waals surface area contributed by atoms with Gasteiger partial charge in [-0.25, -0.2) is 13.6 Å². The molecule has 90 valence electrons. The Balaban J connectivity index is 2.79. The molecule has 6 heteroatoms. The number of sulfonamides is 1. The predicted octanol–water partition coefficient (Wildman–Crippen LogP) is 0.370. The van der Waals surface area contributed by atoms with Crippen LogP contribution in [0.2, 0.25) is 0 Å². The van der Waals surface area contributed by atoms with Gasteiger partial charge in [0.05, 0.1) is 4.90 Å². The molecule has 1 unspecified atom stereocenters. The molecule has 1 rings (SSSR count). The van der Waals surface area contributed by atoms with Gasteiger partial charge in [0.2, 0.25) is 10.0 Å². The molecule has 0 fully saturated rings. The molecular formula is C10H16N2O3S. The summed E-state index contributed by atoms with van der Waals surface area (Å²) in [6, 6.07) is 6.09. The summed E-state index contributed by atoms with van der Waals surface area (Å²) >= 11 is 0. The van der Waals surface area contributed by atoms with E-state index in [1.165, 1.54) is 12.1 Å². The van der Waals surface area contributed by atoms with E-state index in [2.05, 4.69) is 0 Å². The molecule has 5 nitrogen and oxygen atoms in total. The van der Waals surface area contributed by atoms with Crippen molar-refractivity contribution in [2.75, 3.05) is 13.7 Å². The van der Waals surface area contributed by atoms with E-state index < -0.39 is 10.0 Å². The summed E-state index contributed by atoms with van der Waals surface area (Å²) in [4.78, 5) is 0.0928. The van der Waals surface area contributed by atoms with Crippen molar-refractivity contribution in [3.05, 3.63) is 29.8 Å². The largest absolute Gasteiger partial charge is 0.385 e. The zero-order chi connectivity index (χ0) is 12.2. The first-order valence-corrected chi connectivity index (χ1v) is 6.37. The number of hydrogen-bond acceptors (Lipinski definition) is 4. The molecule has 0 bridgehead atoms. The smallest absolute Gasteiger partial charge is 0.238 e. The maximum absolute atomic E-state index is 11.0. The fourth-order valence-corrected chi connectivity index (χ4v) is 1.83. The summed E-state index contributed by atoms with van der Waals surface area (Å²) in [5.41, 5.74) is 6.74. The second kappa shape index (κ2) is 5.40. The van der Waals surface area contributed by atoms with Crippen LogP contribution in [-0.2, 0) is 14.8 Å². The fourth-order valence-electron chi connectivity index (χ4n) is 1.32. The normalized spacial score (nSPS) is 13.7. The van der Waals surface area contributed by atoms with E-state index in [1.807, 2.05) is 0 Å². The van der Waals surface area contributed by atoms with Crippen molar-refractivity contribution in [1.82, 2.24) is 0 Å². The lowest BCUT2D eigenvalue weighted by Crippen LogP contribution is -2.14. The van der Waals surface area contributed by atoms with Crippen molar-refractivity contribution in [3.63, 3.8) is 0 Å². The van der Waals surface area contributed by atoms with Crippen molar-refractivity contribution in [1.29, 1.82) is 0 Å². The minimum Gasteiger partial charge on any atom is -0.385 e. The predicted molar refractivity (Wildman–Crippen MR) is 61.2 cm³/mol. The second-order valence-corrected chi connectivity index (χ2v) is 5.06. The van der Waals surface area contributed by atoms with Crippen LogP contribution in [0.1, 0.15) is 18.0 Å². The lowest BCUT2D eigenvalue weighted by atomic mass is 10.1. The zero-order valence-corrected chi connectivity index (χ0v) is 9.91. The summed E-state index contributed by atoms with van der Waals surface area (Å²) in [7, 11) is -2.02. The molecule has 0 amide bonds. The summed E-state index contributed by atoms with van der Waals surface area (Å²) < 4.78 is 26.9. The van der Waals surface area contributed by atoms with Crippen molar-refractivity contribution >= 4 is 10.0 Å². The number of primary sulfonamides is 1. The van der Waals surface area contributed by atoms with Crippen LogP contribution >= 0.6 is 0 Å². The van der Waals surface area contributed by atoms with Crippen LogP contribution in [-0.4, -0.2) is 22.1 Å². The van der Waals surface area contributed by atoms with E-state index in [-0.39, 0.29) is 10.9 Å². The van der Waals surface area contributed by atoms with E-state index in [4.69, 9.17) is 15.6 Å². The summed E-state index contributed by atoms with van der Waals surface area (Å²) in [6.07, 6.45) is 0.686. The van der Waals surface area contributed by atoms with Gasteiger partial charge in [-0.05, 0) is 24.1 Å². The van der Waals surface area contributed by atoms with Gasteiger partial charge < -0.3 is 10.5 Å². The molecular weight excluding hydrogens is 228 g/mol. The van der Waals surface area contributed by atoms with E-state index >= 15 is 0 Å². The van der Waals surface area contributed by atoms with E-state index in [0.29, 0.717) is 13.0 Å². The number of ether oxygens (including phenoxy) is 1. The van der Waals surface area contributed by atoms with E-state index in [9.17, 15) is 8.42 Å². The molecule has 16 heavy (non-hydrogen) atoms. The maximum Gasteiger partial charge on any atom is 0.238 e. The molecule has 0 saturated heterocycles. The van der Waals surface area contributed by atoms with E-state index in [0.717, 1.165) is 5.56 Å². The zero-order valence-electron chi connectivity index (χ0n) is 9.09. The number of hydrogen-bond donors (Lipinski definition) is 2. The highest BCUT2D eigenvalue weighted by Crippen LogP contribution is 2.16. The Morgan fingerprint density at radius 1 is 1.31 bits per heavy atom. The van der Waals surface area contributed by atoms with Gasteiger partial charge in [-0.2, -0.15) is 0 Å². The van der Waals surface area contributed by atoms with Crippen LogP contribution in [0.15, 0.2) is 29.2 Å². The van der Waals surface area contributed by atoms with Crippen molar-refractivity contribution in [3.8, 4) is 0 Å². The third-order valence-electron chi connectivity index (χ3n) is 2.27. The molecule has 1 aromatic rings.